The average Bonchev–Trinajstić information content (AvgIpc) is 2.12. The standard InChI is InChI=1S/C10H14N2O/c1-6-2-3-7(11)9-8(12)4-5-13-10(6)9/h2-3,8H,4-5,11-12H2,1H3/t8-/m0/s1. The van der Waals surface area contributed by atoms with Crippen LogP contribution in [0, 0.1) is 6.92 Å². The third-order valence-electron chi connectivity index (χ3n) is 2.47. The lowest BCUT2D eigenvalue weighted by molar-refractivity contribution is 0.268. The molecule has 4 N–H and O–H groups in total. The maximum absolute atomic E-state index is 5.96. The van der Waals surface area contributed by atoms with E-state index < -0.39 is 0 Å². The molecule has 1 aliphatic heterocycles. The Morgan fingerprint density at radius 2 is 2.23 bits per heavy atom. The van der Waals surface area contributed by atoms with Crippen LogP contribution in [0.3, 0.4) is 0 Å². The predicted molar refractivity (Wildman–Crippen MR) is 52.6 cm³/mol. The molecule has 1 atom stereocenters. The maximum Gasteiger partial charge on any atom is 0.129 e. The zero-order chi connectivity index (χ0) is 9.42. The Morgan fingerprint density at radius 1 is 1.46 bits per heavy atom. The minimum Gasteiger partial charge on any atom is -0.493 e. The minimum absolute atomic E-state index is 0.0312. The summed E-state index contributed by atoms with van der Waals surface area (Å²) >= 11 is 0. The van der Waals surface area contributed by atoms with Gasteiger partial charge in [-0.05, 0) is 18.6 Å². The number of fused-ring (bicyclic) bond motifs is 1. The van der Waals surface area contributed by atoms with E-state index in [9.17, 15) is 0 Å². The molecule has 0 aromatic heterocycles. The number of aryl methyl sites for hydroxylation is 1. The van der Waals surface area contributed by atoms with Gasteiger partial charge in [0.05, 0.1) is 6.61 Å². The second kappa shape index (κ2) is 2.92. The summed E-state index contributed by atoms with van der Waals surface area (Å²) in [4.78, 5) is 0. The molecular formula is C10H14N2O. The van der Waals surface area contributed by atoms with Gasteiger partial charge in [0.25, 0.3) is 0 Å². The van der Waals surface area contributed by atoms with Crippen molar-refractivity contribution in [2.75, 3.05) is 12.3 Å². The van der Waals surface area contributed by atoms with Crippen molar-refractivity contribution in [1.29, 1.82) is 0 Å². The van der Waals surface area contributed by atoms with Crippen LogP contribution < -0.4 is 16.2 Å². The zero-order valence-corrected chi connectivity index (χ0v) is 7.71. The molecule has 3 heteroatoms. The fourth-order valence-corrected chi connectivity index (χ4v) is 1.73. The summed E-state index contributed by atoms with van der Waals surface area (Å²) in [6.45, 7) is 2.70. The SMILES string of the molecule is Cc1ccc(N)c2c1OCC[C@@H]2N. The molecule has 0 radical (unpaired) electrons. The number of hydrogen-bond acceptors (Lipinski definition) is 3. The van der Waals surface area contributed by atoms with E-state index in [1.165, 1.54) is 0 Å². The van der Waals surface area contributed by atoms with Gasteiger partial charge in [-0.1, -0.05) is 6.07 Å². The molecule has 2 rings (SSSR count). The van der Waals surface area contributed by atoms with E-state index in [1.54, 1.807) is 0 Å². The Balaban J connectivity index is 2.60. The highest BCUT2D eigenvalue weighted by molar-refractivity contribution is 5.59. The highest BCUT2D eigenvalue weighted by Crippen LogP contribution is 2.37. The van der Waals surface area contributed by atoms with Crippen molar-refractivity contribution in [2.24, 2.45) is 5.73 Å². The number of rotatable bonds is 0. The fraction of sp³-hybridized carbons (Fsp3) is 0.400. The molecule has 0 amide bonds. The Bertz CT molecular complexity index is 336. The molecule has 13 heavy (non-hydrogen) atoms. The van der Waals surface area contributed by atoms with Crippen molar-refractivity contribution in [3.05, 3.63) is 23.3 Å². The molecule has 1 aliphatic rings. The Hall–Kier alpha value is -1.22. The van der Waals surface area contributed by atoms with Gasteiger partial charge in [-0.25, -0.2) is 0 Å². The highest BCUT2D eigenvalue weighted by atomic mass is 16.5. The third kappa shape index (κ3) is 1.25. The molecule has 1 aromatic rings. The number of nitrogens with two attached hydrogens (primary N) is 2. The summed E-state index contributed by atoms with van der Waals surface area (Å²) in [7, 11) is 0. The van der Waals surface area contributed by atoms with Crippen LogP contribution in [0.15, 0.2) is 12.1 Å². The van der Waals surface area contributed by atoms with Crippen molar-refractivity contribution in [2.45, 2.75) is 19.4 Å². The lowest BCUT2D eigenvalue weighted by Gasteiger charge is -2.25. The van der Waals surface area contributed by atoms with Crippen LogP contribution in [0.25, 0.3) is 0 Å². The van der Waals surface area contributed by atoms with Crippen LogP contribution in [-0.4, -0.2) is 6.61 Å². The Morgan fingerprint density at radius 3 is 2.92 bits per heavy atom. The van der Waals surface area contributed by atoms with Gasteiger partial charge < -0.3 is 16.2 Å². The predicted octanol–water partition coefficient (Wildman–Crippen LogP) is 1.36. The second-order valence-electron chi connectivity index (χ2n) is 3.46. The number of benzene rings is 1. The number of hydrogen-bond donors (Lipinski definition) is 2. The number of anilines is 1. The molecule has 1 aromatic carbocycles. The summed E-state index contributed by atoms with van der Waals surface area (Å²) < 4.78 is 5.55. The van der Waals surface area contributed by atoms with Crippen molar-refractivity contribution in [1.82, 2.24) is 0 Å². The van der Waals surface area contributed by atoms with Gasteiger partial charge in [0.2, 0.25) is 0 Å². The van der Waals surface area contributed by atoms with Gasteiger partial charge >= 0.3 is 0 Å². The molecule has 0 unspecified atom stereocenters. The second-order valence-corrected chi connectivity index (χ2v) is 3.46. The van der Waals surface area contributed by atoms with Gasteiger partial charge in [0.1, 0.15) is 5.75 Å². The first kappa shape index (κ1) is 8.38. The van der Waals surface area contributed by atoms with Gasteiger partial charge in [0.15, 0.2) is 0 Å². The van der Waals surface area contributed by atoms with Crippen LogP contribution in [-0.2, 0) is 0 Å². The van der Waals surface area contributed by atoms with E-state index in [0.29, 0.717) is 6.61 Å². The maximum atomic E-state index is 5.96. The molecule has 0 aliphatic carbocycles. The van der Waals surface area contributed by atoms with Gasteiger partial charge in [-0.2, -0.15) is 0 Å². The topological polar surface area (TPSA) is 61.3 Å². The molecule has 0 spiro atoms. The third-order valence-corrected chi connectivity index (χ3v) is 2.47. The molecule has 0 fully saturated rings. The monoisotopic (exact) mass is 178 g/mol. The van der Waals surface area contributed by atoms with Gasteiger partial charge in [-0.15, -0.1) is 0 Å². The lowest BCUT2D eigenvalue weighted by Crippen LogP contribution is -2.22. The van der Waals surface area contributed by atoms with Crippen LogP contribution >= 0.6 is 0 Å². The molecule has 3 nitrogen and oxygen atoms in total. The first-order chi connectivity index (χ1) is 6.20. The fourth-order valence-electron chi connectivity index (χ4n) is 1.73. The van der Waals surface area contributed by atoms with Crippen molar-refractivity contribution in [3.63, 3.8) is 0 Å². The average molecular weight is 178 g/mol. The van der Waals surface area contributed by atoms with E-state index in [0.717, 1.165) is 29.0 Å². The van der Waals surface area contributed by atoms with E-state index in [1.807, 2.05) is 19.1 Å². The normalized spacial score (nSPS) is 20.6. The van der Waals surface area contributed by atoms with Crippen LogP contribution in [0.4, 0.5) is 5.69 Å². The van der Waals surface area contributed by atoms with E-state index >= 15 is 0 Å². The summed E-state index contributed by atoms with van der Waals surface area (Å²) in [5, 5.41) is 0. The molecule has 70 valence electrons. The zero-order valence-electron chi connectivity index (χ0n) is 7.71. The van der Waals surface area contributed by atoms with E-state index in [2.05, 4.69) is 0 Å². The molecule has 0 saturated carbocycles. The highest BCUT2D eigenvalue weighted by Gasteiger charge is 2.21. The quantitative estimate of drug-likeness (QED) is 0.590. The van der Waals surface area contributed by atoms with E-state index in [4.69, 9.17) is 16.2 Å². The summed E-state index contributed by atoms with van der Waals surface area (Å²) in [6, 6.07) is 3.89. The van der Waals surface area contributed by atoms with Crippen molar-refractivity contribution < 1.29 is 4.74 Å². The first-order valence-corrected chi connectivity index (χ1v) is 4.47. The minimum atomic E-state index is 0.0312. The van der Waals surface area contributed by atoms with Crippen LogP contribution in [0.2, 0.25) is 0 Å². The smallest absolute Gasteiger partial charge is 0.129 e. The summed E-state index contributed by atoms with van der Waals surface area (Å²) in [5.74, 6) is 0.888. The molecule has 0 bridgehead atoms. The van der Waals surface area contributed by atoms with Crippen LogP contribution in [0.1, 0.15) is 23.6 Å². The Labute approximate surface area is 77.7 Å². The summed E-state index contributed by atoms with van der Waals surface area (Å²) in [6.07, 6.45) is 0.848. The Kier molecular flexibility index (Phi) is 1.88. The molecular weight excluding hydrogens is 164 g/mol. The summed E-state index contributed by atoms with van der Waals surface area (Å²) in [5.41, 5.74) is 14.6. The van der Waals surface area contributed by atoms with Crippen LogP contribution in [0.5, 0.6) is 5.75 Å². The van der Waals surface area contributed by atoms with Gasteiger partial charge in [-0.3, -0.25) is 0 Å². The van der Waals surface area contributed by atoms with E-state index in [-0.39, 0.29) is 6.04 Å². The molecule has 1 heterocycles. The van der Waals surface area contributed by atoms with Crippen molar-refractivity contribution >= 4 is 5.69 Å². The lowest BCUT2D eigenvalue weighted by atomic mass is 9.97. The number of ether oxygens (including phenoxy) is 1. The number of nitrogen functional groups attached to an aromatic ring is 1. The molecule has 0 saturated heterocycles. The largest absolute Gasteiger partial charge is 0.493 e. The van der Waals surface area contributed by atoms with Gasteiger partial charge in [0, 0.05) is 23.7 Å². The van der Waals surface area contributed by atoms with Crippen molar-refractivity contribution in [3.8, 4) is 5.75 Å². The first-order valence-electron chi connectivity index (χ1n) is 4.47.